The van der Waals surface area contributed by atoms with Gasteiger partial charge in [-0.25, -0.2) is 0 Å². The van der Waals surface area contributed by atoms with Crippen LogP contribution in [-0.2, 0) is 4.74 Å². The highest BCUT2D eigenvalue weighted by molar-refractivity contribution is 4.83. The van der Waals surface area contributed by atoms with Crippen LogP contribution in [0.5, 0.6) is 0 Å². The molecule has 3 N–H and O–H groups in total. The summed E-state index contributed by atoms with van der Waals surface area (Å²) in [5.74, 6) is 0.614. The lowest BCUT2D eigenvalue weighted by Gasteiger charge is -2.25. The highest BCUT2D eigenvalue weighted by Crippen LogP contribution is 2.07. The monoisotopic (exact) mass is 199 g/mol. The summed E-state index contributed by atoms with van der Waals surface area (Å²) in [4.78, 5) is 0. The van der Waals surface area contributed by atoms with Gasteiger partial charge in [-0.05, 0) is 19.5 Å². The second-order valence-corrected chi connectivity index (χ2v) is 4.16. The van der Waals surface area contributed by atoms with Crippen LogP contribution in [0.2, 0.25) is 0 Å². The number of rotatable bonds is 1. The summed E-state index contributed by atoms with van der Waals surface area (Å²) in [7, 11) is 0. The predicted molar refractivity (Wildman–Crippen MR) is 56.5 cm³/mol. The van der Waals surface area contributed by atoms with Crippen molar-refractivity contribution in [3.63, 3.8) is 0 Å². The van der Waals surface area contributed by atoms with Crippen molar-refractivity contribution in [3.8, 4) is 0 Å². The van der Waals surface area contributed by atoms with Crippen LogP contribution in [0.1, 0.15) is 6.42 Å². The molecule has 2 saturated heterocycles. The molecule has 2 heterocycles. The van der Waals surface area contributed by atoms with E-state index in [1.54, 1.807) is 0 Å². The maximum Gasteiger partial charge on any atom is 0.0591 e. The number of hydrogen-bond acceptors (Lipinski definition) is 4. The average Bonchev–Trinajstić information content (AvgIpc) is 2.62. The molecule has 2 aliphatic heterocycles. The number of hydrogen-bond donors (Lipinski definition) is 3. The van der Waals surface area contributed by atoms with Crippen molar-refractivity contribution in [2.45, 2.75) is 12.5 Å². The zero-order valence-corrected chi connectivity index (χ0v) is 8.72. The van der Waals surface area contributed by atoms with E-state index in [4.69, 9.17) is 4.74 Å². The van der Waals surface area contributed by atoms with Crippen molar-refractivity contribution in [1.29, 1.82) is 0 Å². The summed E-state index contributed by atoms with van der Waals surface area (Å²) in [5, 5.41) is 10.5. The first-order valence-corrected chi connectivity index (χ1v) is 5.69. The largest absolute Gasteiger partial charge is 0.380 e. The van der Waals surface area contributed by atoms with E-state index in [1.807, 2.05) is 0 Å². The van der Waals surface area contributed by atoms with Crippen LogP contribution in [0.25, 0.3) is 0 Å². The quantitative estimate of drug-likeness (QED) is 0.516. The van der Waals surface area contributed by atoms with E-state index >= 15 is 0 Å². The molecule has 2 aliphatic rings. The van der Waals surface area contributed by atoms with Gasteiger partial charge in [-0.1, -0.05) is 0 Å². The third-order valence-corrected chi connectivity index (χ3v) is 3.03. The minimum absolute atomic E-state index is 0.572. The normalized spacial score (nSPS) is 36.0. The van der Waals surface area contributed by atoms with E-state index in [1.165, 1.54) is 6.42 Å². The van der Waals surface area contributed by atoms with E-state index in [2.05, 4.69) is 16.0 Å². The third kappa shape index (κ3) is 2.92. The Labute approximate surface area is 85.8 Å². The SMILES string of the molecule is C1CNCC(C2CNCCOC2)NC1. The van der Waals surface area contributed by atoms with Crippen LogP contribution in [0, 0.1) is 5.92 Å². The molecule has 0 aliphatic carbocycles. The Bertz CT molecular complexity index is 131. The third-order valence-electron chi connectivity index (χ3n) is 3.03. The molecule has 2 rings (SSSR count). The summed E-state index contributed by atoms with van der Waals surface area (Å²) in [6.07, 6.45) is 1.23. The van der Waals surface area contributed by atoms with Crippen molar-refractivity contribution in [3.05, 3.63) is 0 Å². The van der Waals surface area contributed by atoms with Crippen molar-refractivity contribution < 1.29 is 4.74 Å². The molecular formula is C10H21N3O. The molecule has 0 aromatic heterocycles. The standard InChI is InChI=1S/C10H21N3O/c1-2-11-7-10(13-3-1)9-6-12-4-5-14-8-9/h9-13H,1-8H2. The Kier molecular flexibility index (Phi) is 4.19. The Morgan fingerprint density at radius 3 is 2.93 bits per heavy atom. The molecule has 4 nitrogen and oxygen atoms in total. The number of ether oxygens (including phenoxy) is 1. The van der Waals surface area contributed by atoms with E-state index in [-0.39, 0.29) is 0 Å². The van der Waals surface area contributed by atoms with E-state index in [9.17, 15) is 0 Å². The zero-order chi connectivity index (χ0) is 9.64. The minimum Gasteiger partial charge on any atom is -0.380 e. The Morgan fingerprint density at radius 1 is 1.00 bits per heavy atom. The van der Waals surface area contributed by atoms with Gasteiger partial charge in [-0.15, -0.1) is 0 Å². The van der Waals surface area contributed by atoms with Gasteiger partial charge in [0.2, 0.25) is 0 Å². The highest BCUT2D eigenvalue weighted by atomic mass is 16.5. The molecule has 0 amide bonds. The van der Waals surface area contributed by atoms with Gasteiger partial charge >= 0.3 is 0 Å². The fourth-order valence-corrected chi connectivity index (χ4v) is 2.15. The van der Waals surface area contributed by atoms with Crippen LogP contribution < -0.4 is 16.0 Å². The van der Waals surface area contributed by atoms with Gasteiger partial charge in [0.05, 0.1) is 13.2 Å². The molecule has 2 unspecified atom stereocenters. The summed E-state index contributed by atoms with van der Waals surface area (Å²) < 4.78 is 5.57. The lowest BCUT2D eigenvalue weighted by Crippen LogP contribution is -2.46. The van der Waals surface area contributed by atoms with Crippen LogP contribution in [-0.4, -0.2) is 52.0 Å². The molecule has 4 heteroatoms. The van der Waals surface area contributed by atoms with Crippen molar-refractivity contribution in [2.75, 3.05) is 45.9 Å². The summed E-state index contributed by atoms with van der Waals surface area (Å²) >= 11 is 0. The molecule has 0 bridgehead atoms. The van der Waals surface area contributed by atoms with Crippen LogP contribution in [0.3, 0.4) is 0 Å². The first kappa shape index (κ1) is 10.4. The van der Waals surface area contributed by atoms with Crippen LogP contribution in [0.4, 0.5) is 0 Å². The smallest absolute Gasteiger partial charge is 0.0591 e. The van der Waals surface area contributed by atoms with Gasteiger partial charge in [-0.3, -0.25) is 0 Å². The molecule has 0 spiro atoms. The fourth-order valence-electron chi connectivity index (χ4n) is 2.15. The summed E-state index contributed by atoms with van der Waals surface area (Å²) in [6.45, 7) is 7.19. The van der Waals surface area contributed by atoms with Gasteiger partial charge in [0, 0.05) is 31.6 Å². The van der Waals surface area contributed by atoms with Crippen molar-refractivity contribution in [2.24, 2.45) is 5.92 Å². The zero-order valence-electron chi connectivity index (χ0n) is 8.72. The molecule has 2 fully saturated rings. The van der Waals surface area contributed by atoms with Crippen LogP contribution in [0.15, 0.2) is 0 Å². The molecule has 0 aromatic rings. The Hall–Kier alpha value is -0.160. The average molecular weight is 199 g/mol. The second-order valence-electron chi connectivity index (χ2n) is 4.16. The van der Waals surface area contributed by atoms with E-state index < -0.39 is 0 Å². The summed E-state index contributed by atoms with van der Waals surface area (Å²) in [5.41, 5.74) is 0. The molecular weight excluding hydrogens is 178 g/mol. The number of nitrogens with one attached hydrogen (secondary N) is 3. The molecule has 0 radical (unpaired) electrons. The lowest BCUT2D eigenvalue weighted by molar-refractivity contribution is 0.110. The first-order chi connectivity index (χ1) is 6.97. The van der Waals surface area contributed by atoms with Crippen molar-refractivity contribution in [1.82, 2.24) is 16.0 Å². The topological polar surface area (TPSA) is 45.3 Å². The molecule has 82 valence electrons. The van der Waals surface area contributed by atoms with Gasteiger partial charge in [0.1, 0.15) is 0 Å². The second kappa shape index (κ2) is 5.66. The molecule has 2 atom stereocenters. The lowest BCUT2D eigenvalue weighted by atomic mass is 10.0. The van der Waals surface area contributed by atoms with E-state index in [0.717, 1.165) is 45.9 Å². The maximum atomic E-state index is 5.57. The minimum atomic E-state index is 0.572. The predicted octanol–water partition coefficient (Wildman–Crippen LogP) is -0.826. The summed E-state index contributed by atoms with van der Waals surface area (Å²) in [6, 6.07) is 0.572. The fraction of sp³-hybridized carbons (Fsp3) is 1.00. The Balaban J connectivity index is 1.83. The molecule has 14 heavy (non-hydrogen) atoms. The molecule has 0 saturated carbocycles. The highest BCUT2D eigenvalue weighted by Gasteiger charge is 2.23. The molecule has 0 aromatic carbocycles. The van der Waals surface area contributed by atoms with Crippen molar-refractivity contribution >= 4 is 0 Å². The van der Waals surface area contributed by atoms with Crippen LogP contribution >= 0.6 is 0 Å². The van der Waals surface area contributed by atoms with Gasteiger partial charge < -0.3 is 20.7 Å². The Morgan fingerprint density at radius 2 is 1.93 bits per heavy atom. The van der Waals surface area contributed by atoms with Gasteiger partial charge in [0.15, 0.2) is 0 Å². The maximum absolute atomic E-state index is 5.57. The van der Waals surface area contributed by atoms with E-state index in [0.29, 0.717) is 12.0 Å². The van der Waals surface area contributed by atoms with Gasteiger partial charge in [0.25, 0.3) is 0 Å². The van der Waals surface area contributed by atoms with Gasteiger partial charge in [-0.2, -0.15) is 0 Å². The first-order valence-electron chi connectivity index (χ1n) is 5.69.